The van der Waals surface area contributed by atoms with E-state index >= 15 is 0 Å². The summed E-state index contributed by atoms with van der Waals surface area (Å²) in [6, 6.07) is 2.96. The van der Waals surface area contributed by atoms with E-state index in [4.69, 9.17) is 11.5 Å². The lowest BCUT2D eigenvalue weighted by Crippen LogP contribution is -2.16. The van der Waals surface area contributed by atoms with E-state index in [0.29, 0.717) is 13.0 Å². The summed E-state index contributed by atoms with van der Waals surface area (Å²) < 4.78 is 22.5. The molecule has 0 aliphatic rings. The highest BCUT2D eigenvalue weighted by molar-refractivity contribution is 7.90. The molecule has 4 N–H and O–H groups in total. The number of hydrogen-bond donors (Lipinski definition) is 2. The van der Waals surface area contributed by atoms with Crippen molar-refractivity contribution >= 4 is 9.84 Å². The lowest BCUT2D eigenvalue weighted by molar-refractivity contribution is 0.597. The second-order valence-electron chi connectivity index (χ2n) is 3.38. The summed E-state index contributed by atoms with van der Waals surface area (Å²) >= 11 is 0. The third-order valence-electron chi connectivity index (χ3n) is 2.04. The molecule has 15 heavy (non-hydrogen) atoms. The molecule has 1 heterocycles. The normalized spacial score (nSPS) is 13.8. The molecule has 84 valence electrons. The molecule has 0 amide bonds. The van der Waals surface area contributed by atoms with Crippen LogP contribution >= 0.6 is 0 Å². The molecular weight excluding hydrogens is 214 g/mol. The molecule has 0 bridgehead atoms. The van der Waals surface area contributed by atoms with Crippen LogP contribution in [0.4, 0.5) is 0 Å². The molecule has 1 atom stereocenters. The van der Waals surface area contributed by atoms with Crippen LogP contribution in [-0.4, -0.2) is 26.2 Å². The van der Waals surface area contributed by atoms with Crippen molar-refractivity contribution in [1.29, 1.82) is 0 Å². The molecular formula is C9H15N3O2S. The molecule has 0 aliphatic heterocycles. The van der Waals surface area contributed by atoms with Gasteiger partial charge in [-0.3, -0.25) is 0 Å². The van der Waals surface area contributed by atoms with Crippen LogP contribution in [0.1, 0.15) is 18.0 Å². The molecule has 0 saturated carbocycles. The van der Waals surface area contributed by atoms with Crippen molar-refractivity contribution in [1.82, 2.24) is 4.98 Å². The van der Waals surface area contributed by atoms with Gasteiger partial charge in [-0.2, -0.15) is 0 Å². The van der Waals surface area contributed by atoms with Crippen molar-refractivity contribution in [2.45, 2.75) is 17.5 Å². The van der Waals surface area contributed by atoms with Crippen LogP contribution in [0.15, 0.2) is 23.4 Å². The second kappa shape index (κ2) is 4.69. The van der Waals surface area contributed by atoms with Crippen LogP contribution in [0.5, 0.6) is 0 Å². The third-order valence-corrected chi connectivity index (χ3v) is 3.03. The van der Waals surface area contributed by atoms with E-state index in [0.717, 1.165) is 11.8 Å². The lowest BCUT2D eigenvalue weighted by atomic mass is 10.1. The van der Waals surface area contributed by atoms with Crippen LogP contribution < -0.4 is 11.5 Å². The van der Waals surface area contributed by atoms with Gasteiger partial charge in [0.1, 0.15) is 0 Å². The Balaban J connectivity index is 3.03. The van der Waals surface area contributed by atoms with Crippen molar-refractivity contribution in [3.63, 3.8) is 0 Å². The first-order valence-corrected chi connectivity index (χ1v) is 6.46. The average Bonchev–Trinajstić information content (AvgIpc) is 2.17. The first-order chi connectivity index (χ1) is 6.95. The Morgan fingerprint density at radius 2 is 2.20 bits per heavy atom. The number of nitrogens with zero attached hydrogens (tertiary/aromatic N) is 1. The van der Waals surface area contributed by atoms with Gasteiger partial charge in [0.25, 0.3) is 0 Å². The highest BCUT2D eigenvalue weighted by atomic mass is 32.2. The molecule has 0 aromatic carbocycles. The SMILES string of the molecule is CS(=O)(=O)c1cc([C@@H](N)CCN)ccn1. The third kappa shape index (κ3) is 3.26. The number of aromatic nitrogens is 1. The van der Waals surface area contributed by atoms with Gasteiger partial charge in [-0.05, 0) is 30.7 Å². The molecule has 0 unspecified atom stereocenters. The van der Waals surface area contributed by atoms with Gasteiger partial charge in [0.05, 0.1) is 0 Å². The Hall–Kier alpha value is -0.980. The summed E-state index contributed by atoms with van der Waals surface area (Å²) in [7, 11) is -3.27. The van der Waals surface area contributed by atoms with Gasteiger partial charge in [0.15, 0.2) is 14.9 Å². The number of nitrogens with two attached hydrogens (primary N) is 2. The molecule has 1 aromatic rings. The van der Waals surface area contributed by atoms with Crippen molar-refractivity contribution in [2.24, 2.45) is 11.5 Å². The van der Waals surface area contributed by atoms with Crippen molar-refractivity contribution in [2.75, 3.05) is 12.8 Å². The highest BCUT2D eigenvalue weighted by Gasteiger charge is 2.12. The number of sulfone groups is 1. The molecule has 0 radical (unpaired) electrons. The summed E-state index contributed by atoms with van der Waals surface area (Å²) in [5.74, 6) is 0. The van der Waals surface area contributed by atoms with Gasteiger partial charge >= 0.3 is 0 Å². The summed E-state index contributed by atoms with van der Waals surface area (Å²) in [5.41, 5.74) is 11.9. The van der Waals surface area contributed by atoms with Gasteiger partial charge in [-0.1, -0.05) is 0 Å². The van der Waals surface area contributed by atoms with Crippen LogP contribution in [-0.2, 0) is 9.84 Å². The van der Waals surface area contributed by atoms with Gasteiger partial charge in [-0.25, -0.2) is 13.4 Å². The molecule has 5 nitrogen and oxygen atoms in total. The zero-order chi connectivity index (χ0) is 11.5. The number of pyridine rings is 1. The Kier molecular flexibility index (Phi) is 3.78. The Labute approximate surface area is 89.4 Å². The summed E-state index contributed by atoms with van der Waals surface area (Å²) in [4.78, 5) is 3.78. The fourth-order valence-corrected chi connectivity index (χ4v) is 1.81. The van der Waals surface area contributed by atoms with E-state index in [-0.39, 0.29) is 11.1 Å². The maximum atomic E-state index is 11.2. The van der Waals surface area contributed by atoms with Crippen molar-refractivity contribution in [3.8, 4) is 0 Å². The van der Waals surface area contributed by atoms with Crippen LogP contribution in [0.2, 0.25) is 0 Å². The van der Waals surface area contributed by atoms with Gasteiger partial charge in [-0.15, -0.1) is 0 Å². The molecule has 0 fully saturated rings. The maximum absolute atomic E-state index is 11.2. The average molecular weight is 229 g/mol. The predicted octanol–water partition coefficient (Wildman–Crippen LogP) is -0.166. The minimum Gasteiger partial charge on any atom is -0.330 e. The van der Waals surface area contributed by atoms with E-state index in [1.807, 2.05) is 0 Å². The molecule has 1 aromatic heterocycles. The first-order valence-electron chi connectivity index (χ1n) is 4.57. The highest BCUT2D eigenvalue weighted by Crippen LogP contribution is 2.15. The second-order valence-corrected chi connectivity index (χ2v) is 5.35. The van der Waals surface area contributed by atoms with E-state index in [2.05, 4.69) is 4.98 Å². The van der Waals surface area contributed by atoms with Gasteiger partial charge in [0, 0.05) is 18.5 Å². The Morgan fingerprint density at radius 1 is 1.53 bits per heavy atom. The smallest absolute Gasteiger partial charge is 0.192 e. The largest absolute Gasteiger partial charge is 0.330 e. The number of hydrogen-bond acceptors (Lipinski definition) is 5. The molecule has 0 saturated heterocycles. The monoisotopic (exact) mass is 229 g/mol. The quantitative estimate of drug-likeness (QED) is 0.747. The molecule has 1 rings (SSSR count). The lowest BCUT2D eigenvalue weighted by Gasteiger charge is -2.10. The predicted molar refractivity (Wildman–Crippen MR) is 57.9 cm³/mol. The van der Waals surface area contributed by atoms with Crippen LogP contribution in [0.3, 0.4) is 0 Å². The van der Waals surface area contributed by atoms with E-state index < -0.39 is 9.84 Å². The topological polar surface area (TPSA) is 99.1 Å². The zero-order valence-electron chi connectivity index (χ0n) is 8.55. The summed E-state index contributed by atoms with van der Waals surface area (Å²) in [6.45, 7) is 0.470. The van der Waals surface area contributed by atoms with E-state index in [9.17, 15) is 8.42 Å². The molecule has 0 aliphatic carbocycles. The maximum Gasteiger partial charge on any atom is 0.192 e. The molecule has 0 spiro atoms. The van der Waals surface area contributed by atoms with Crippen LogP contribution in [0, 0.1) is 0 Å². The summed E-state index contributed by atoms with van der Waals surface area (Å²) in [5, 5.41) is 0.0486. The van der Waals surface area contributed by atoms with Crippen LogP contribution in [0.25, 0.3) is 0 Å². The minimum atomic E-state index is -3.27. The molecule has 6 heteroatoms. The van der Waals surface area contributed by atoms with Gasteiger partial charge in [0.2, 0.25) is 0 Å². The van der Waals surface area contributed by atoms with E-state index in [1.165, 1.54) is 12.3 Å². The van der Waals surface area contributed by atoms with Gasteiger partial charge < -0.3 is 11.5 Å². The Morgan fingerprint density at radius 3 is 2.73 bits per heavy atom. The van der Waals surface area contributed by atoms with Crippen molar-refractivity contribution in [3.05, 3.63) is 23.9 Å². The standard InChI is InChI=1S/C9H15N3O2S/c1-15(13,14)9-6-7(3-5-12-9)8(11)2-4-10/h3,5-6,8H,2,4,10-11H2,1H3/t8-/m0/s1. The fourth-order valence-electron chi connectivity index (χ4n) is 1.20. The number of rotatable bonds is 4. The minimum absolute atomic E-state index is 0.0486. The van der Waals surface area contributed by atoms with Crippen molar-refractivity contribution < 1.29 is 8.42 Å². The van der Waals surface area contributed by atoms with E-state index in [1.54, 1.807) is 6.07 Å². The Bertz CT molecular complexity index is 431. The summed E-state index contributed by atoms with van der Waals surface area (Å²) in [6.07, 6.45) is 3.18. The fraction of sp³-hybridized carbons (Fsp3) is 0.444. The zero-order valence-corrected chi connectivity index (χ0v) is 9.37. The first kappa shape index (κ1) is 12.1.